The molecule has 1 aromatic carbocycles. The third-order valence-corrected chi connectivity index (χ3v) is 5.92. The molecule has 0 spiro atoms. The van der Waals surface area contributed by atoms with Gasteiger partial charge in [0.15, 0.2) is 5.65 Å². The summed E-state index contributed by atoms with van der Waals surface area (Å²) in [5.74, 6) is 0.706. The lowest BCUT2D eigenvalue weighted by atomic mass is 10.1. The SMILES string of the molecule is CNCC(O)COc1cccc(-c2cc(NC3CCOCC3)c3c(C)nn(C(C)C)c3n2)c1. The number of aryl methyl sites for hydroxylation is 1. The number of pyridine rings is 1. The number of rotatable bonds is 9. The molecule has 1 atom stereocenters. The molecule has 178 valence electrons. The van der Waals surface area contributed by atoms with Gasteiger partial charge >= 0.3 is 0 Å². The molecule has 0 radical (unpaired) electrons. The Hall–Kier alpha value is -2.68. The van der Waals surface area contributed by atoms with E-state index in [1.165, 1.54) is 0 Å². The molecular formula is C25H35N5O3. The zero-order valence-electron chi connectivity index (χ0n) is 20.0. The van der Waals surface area contributed by atoms with E-state index in [0.717, 1.165) is 59.7 Å². The summed E-state index contributed by atoms with van der Waals surface area (Å²) >= 11 is 0. The van der Waals surface area contributed by atoms with Crippen LogP contribution in [0.15, 0.2) is 30.3 Å². The van der Waals surface area contributed by atoms with E-state index in [1.54, 1.807) is 7.05 Å². The molecule has 1 aliphatic heterocycles. The predicted octanol–water partition coefficient (Wildman–Crippen LogP) is 3.54. The molecule has 1 aliphatic rings. The largest absolute Gasteiger partial charge is 0.491 e. The number of ether oxygens (including phenoxy) is 2. The number of aromatic nitrogens is 3. The number of benzene rings is 1. The van der Waals surface area contributed by atoms with Crippen molar-refractivity contribution in [2.45, 2.75) is 51.8 Å². The molecule has 1 saturated heterocycles. The Bertz CT molecular complexity index is 1080. The summed E-state index contributed by atoms with van der Waals surface area (Å²) in [6, 6.07) is 10.5. The standard InChI is InChI=1S/C25H35N5O3/c1-16(2)30-25-24(17(3)29-30)23(27-19-8-10-32-11-9-19)13-22(28-25)18-6-5-7-21(12-18)33-15-20(31)14-26-4/h5-7,12-13,16,19-20,26,31H,8-11,14-15H2,1-4H3,(H,27,28). The van der Waals surface area contributed by atoms with Gasteiger partial charge < -0.3 is 25.2 Å². The van der Waals surface area contributed by atoms with Crippen molar-refractivity contribution in [3.63, 3.8) is 0 Å². The van der Waals surface area contributed by atoms with Gasteiger partial charge in [0, 0.05) is 43.1 Å². The third-order valence-electron chi connectivity index (χ3n) is 5.92. The van der Waals surface area contributed by atoms with Crippen LogP contribution in [0.25, 0.3) is 22.3 Å². The maximum Gasteiger partial charge on any atom is 0.161 e. The molecule has 33 heavy (non-hydrogen) atoms. The second-order valence-electron chi connectivity index (χ2n) is 8.96. The van der Waals surface area contributed by atoms with Gasteiger partial charge in [-0.3, -0.25) is 0 Å². The van der Waals surface area contributed by atoms with Gasteiger partial charge in [0.05, 0.1) is 16.8 Å². The summed E-state index contributed by atoms with van der Waals surface area (Å²) in [6.07, 6.45) is 1.40. The molecule has 3 N–H and O–H groups in total. The van der Waals surface area contributed by atoms with Crippen molar-refractivity contribution in [2.24, 2.45) is 0 Å². The van der Waals surface area contributed by atoms with Crippen LogP contribution in [0.3, 0.4) is 0 Å². The van der Waals surface area contributed by atoms with Crippen molar-refractivity contribution in [1.82, 2.24) is 20.1 Å². The number of nitrogens with one attached hydrogen (secondary N) is 2. The van der Waals surface area contributed by atoms with E-state index in [-0.39, 0.29) is 12.6 Å². The lowest BCUT2D eigenvalue weighted by Gasteiger charge is -2.25. The fourth-order valence-corrected chi connectivity index (χ4v) is 4.23. The predicted molar refractivity (Wildman–Crippen MR) is 131 cm³/mol. The van der Waals surface area contributed by atoms with Crippen molar-refractivity contribution >= 4 is 16.7 Å². The Labute approximate surface area is 195 Å². The minimum atomic E-state index is -0.563. The first-order valence-corrected chi connectivity index (χ1v) is 11.8. The Balaban J connectivity index is 1.71. The lowest BCUT2D eigenvalue weighted by molar-refractivity contribution is 0.0905. The van der Waals surface area contributed by atoms with Gasteiger partial charge in [-0.15, -0.1) is 0 Å². The highest BCUT2D eigenvalue weighted by atomic mass is 16.5. The first kappa shape index (κ1) is 23.5. The Morgan fingerprint density at radius 1 is 1.24 bits per heavy atom. The molecule has 0 bridgehead atoms. The number of hydrogen-bond acceptors (Lipinski definition) is 7. The summed E-state index contributed by atoms with van der Waals surface area (Å²) in [4.78, 5) is 5.03. The van der Waals surface area contributed by atoms with Crippen LogP contribution in [0, 0.1) is 6.92 Å². The molecular weight excluding hydrogens is 418 g/mol. The maximum absolute atomic E-state index is 9.97. The summed E-state index contributed by atoms with van der Waals surface area (Å²) in [5.41, 5.74) is 4.73. The number of anilines is 1. The summed E-state index contributed by atoms with van der Waals surface area (Å²) in [5, 5.41) is 22.5. The van der Waals surface area contributed by atoms with Crippen molar-refractivity contribution in [1.29, 1.82) is 0 Å². The molecule has 1 fully saturated rings. The minimum Gasteiger partial charge on any atom is -0.491 e. The van der Waals surface area contributed by atoms with E-state index in [0.29, 0.717) is 18.3 Å². The number of hydrogen-bond donors (Lipinski definition) is 3. The van der Waals surface area contributed by atoms with Crippen LogP contribution in [0.2, 0.25) is 0 Å². The number of likely N-dealkylation sites (N-methyl/N-ethyl adjacent to an activating group) is 1. The second kappa shape index (κ2) is 10.5. The normalized spacial score (nSPS) is 15.8. The van der Waals surface area contributed by atoms with Crippen LogP contribution in [0.5, 0.6) is 5.75 Å². The van der Waals surface area contributed by atoms with Crippen LogP contribution in [0.1, 0.15) is 38.4 Å². The van der Waals surface area contributed by atoms with E-state index in [9.17, 15) is 5.11 Å². The maximum atomic E-state index is 9.97. The molecule has 1 unspecified atom stereocenters. The Morgan fingerprint density at radius 2 is 2.03 bits per heavy atom. The third kappa shape index (κ3) is 5.46. The van der Waals surface area contributed by atoms with Crippen molar-refractivity contribution in [3.05, 3.63) is 36.0 Å². The molecule has 8 heteroatoms. The van der Waals surface area contributed by atoms with Gasteiger partial charge in [0.1, 0.15) is 18.5 Å². The number of fused-ring (bicyclic) bond motifs is 1. The van der Waals surface area contributed by atoms with Crippen molar-refractivity contribution < 1.29 is 14.6 Å². The average Bonchev–Trinajstić information content (AvgIpc) is 3.16. The van der Waals surface area contributed by atoms with Gasteiger partial charge in [0.25, 0.3) is 0 Å². The summed E-state index contributed by atoms with van der Waals surface area (Å²) in [6.45, 7) is 8.56. The van der Waals surface area contributed by atoms with Crippen LogP contribution in [-0.2, 0) is 4.74 Å². The molecule has 3 heterocycles. The quantitative estimate of drug-likeness (QED) is 0.456. The first-order valence-electron chi connectivity index (χ1n) is 11.8. The van der Waals surface area contributed by atoms with Crippen LogP contribution in [-0.4, -0.2) is 65.4 Å². The molecule has 8 nitrogen and oxygen atoms in total. The van der Waals surface area contributed by atoms with E-state index in [1.807, 2.05) is 35.9 Å². The van der Waals surface area contributed by atoms with Crippen molar-refractivity contribution in [2.75, 3.05) is 38.7 Å². The first-order chi connectivity index (χ1) is 16.0. The van der Waals surface area contributed by atoms with E-state index >= 15 is 0 Å². The molecule has 0 saturated carbocycles. The van der Waals surface area contributed by atoms with Gasteiger partial charge in [-0.25, -0.2) is 9.67 Å². The average molecular weight is 454 g/mol. The van der Waals surface area contributed by atoms with Crippen molar-refractivity contribution in [3.8, 4) is 17.0 Å². The van der Waals surface area contributed by atoms with E-state index in [4.69, 9.17) is 19.6 Å². The Kier molecular flexibility index (Phi) is 7.47. The summed E-state index contributed by atoms with van der Waals surface area (Å²) < 4.78 is 13.4. The number of aliphatic hydroxyl groups is 1. The van der Waals surface area contributed by atoms with Gasteiger partial charge in [-0.05, 0) is 58.9 Å². The summed E-state index contributed by atoms with van der Waals surface area (Å²) in [7, 11) is 1.81. The monoisotopic (exact) mass is 453 g/mol. The van der Waals surface area contributed by atoms with Gasteiger partial charge in [-0.1, -0.05) is 12.1 Å². The number of nitrogens with zero attached hydrogens (tertiary/aromatic N) is 3. The molecule has 4 rings (SSSR count). The fraction of sp³-hybridized carbons (Fsp3) is 0.520. The second-order valence-corrected chi connectivity index (χ2v) is 8.96. The minimum absolute atomic E-state index is 0.197. The van der Waals surface area contributed by atoms with E-state index in [2.05, 4.69) is 30.5 Å². The number of aliphatic hydroxyl groups excluding tert-OH is 1. The lowest BCUT2D eigenvalue weighted by Crippen LogP contribution is -2.29. The highest BCUT2D eigenvalue weighted by molar-refractivity contribution is 5.94. The molecule has 0 amide bonds. The molecule has 3 aromatic rings. The highest BCUT2D eigenvalue weighted by Gasteiger charge is 2.21. The smallest absolute Gasteiger partial charge is 0.161 e. The van der Waals surface area contributed by atoms with Crippen LogP contribution >= 0.6 is 0 Å². The van der Waals surface area contributed by atoms with Gasteiger partial charge in [-0.2, -0.15) is 5.10 Å². The highest BCUT2D eigenvalue weighted by Crippen LogP contribution is 2.34. The Morgan fingerprint density at radius 3 is 2.76 bits per heavy atom. The van der Waals surface area contributed by atoms with Crippen LogP contribution in [0.4, 0.5) is 5.69 Å². The topological polar surface area (TPSA) is 93.5 Å². The van der Waals surface area contributed by atoms with Gasteiger partial charge in [0.2, 0.25) is 0 Å². The zero-order chi connectivity index (χ0) is 23.4. The molecule has 0 aliphatic carbocycles. The fourth-order valence-electron chi connectivity index (χ4n) is 4.23. The van der Waals surface area contributed by atoms with Crippen LogP contribution < -0.4 is 15.4 Å². The van der Waals surface area contributed by atoms with E-state index < -0.39 is 6.10 Å². The zero-order valence-corrected chi connectivity index (χ0v) is 20.0. The molecule has 2 aromatic heterocycles.